The third-order valence-corrected chi connectivity index (χ3v) is 9.26. The lowest BCUT2D eigenvalue weighted by atomic mass is 9.95. The van der Waals surface area contributed by atoms with Crippen molar-refractivity contribution in [1.29, 1.82) is 0 Å². The summed E-state index contributed by atoms with van der Waals surface area (Å²) in [4.78, 5) is 32.4. The molecule has 0 saturated heterocycles. The Balaban J connectivity index is 1.42. The van der Waals surface area contributed by atoms with E-state index < -0.39 is 12.0 Å². The second kappa shape index (κ2) is 12.7. The van der Waals surface area contributed by atoms with Gasteiger partial charge in [-0.3, -0.25) is 9.36 Å². The van der Waals surface area contributed by atoms with Gasteiger partial charge >= 0.3 is 5.97 Å². The number of hydrogen-bond acceptors (Lipinski definition) is 9. The first-order valence-electron chi connectivity index (χ1n) is 13.6. The maximum absolute atomic E-state index is 14.0. The molecule has 226 valence electrons. The van der Waals surface area contributed by atoms with E-state index in [4.69, 9.17) is 35.3 Å². The lowest BCUT2D eigenvalue weighted by Gasteiger charge is -2.24. The standard InChI is InChI=1S/C32H26ClIN2O7S/c1-4-40-31(38)27-17(2)35-32-36(28(27)19-9-10-23-24(14-19)43-16-42-23)30(37)26(44-32)13-18-11-22(34)29(25(12-18)39-3)41-15-20-7-5-6-8-21(20)33/h5-14,28H,4,15-16H2,1-3H3/b26-13+/t28-/m0/s1. The van der Waals surface area contributed by atoms with Crippen LogP contribution in [0.2, 0.25) is 5.02 Å². The fourth-order valence-corrected chi connectivity index (χ4v) is 7.09. The van der Waals surface area contributed by atoms with Crippen molar-refractivity contribution in [3.05, 3.63) is 111 Å². The number of benzene rings is 3. The second-order valence-electron chi connectivity index (χ2n) is 9.83. The van der Waals surface area contributed by atoms with Crippen LogP contribution in [0.5, 0.6) is 23.0 Å². The van der Waals surface area contributed by atoms with E-state index in [2.05, 4.69) is 27.6 Å². The molecule has 6 rings (SSSR count). The molecule has 0 bridgehead atoms. The first kappa shape index (κ1) is 30.2. The Hall–Kier alpha value is -3.81. The van der Waals surface area contributed by atoms with Crippen LogP contribution in [0.15, 0.2) is 75.7 Å². The van der Waals surface area contributed by atoms with Gasteiger partial charge in [0.2, 0.25) is 6.79 Å². The summed E-state index contributed by atoms with van der Waals surface area (Å²) in [6.07, 6.45) is 1.78. The van der Waals surface area contributed by atoms with E-state index in [-0.39, 0.29) is 25.6 Å². The zero-order chi connectivity index (χ0) is 31.0. The predicted molar refractivity (Wildman–Crippen MR) is 174 cm³/mol. The summed E-state index contributed by atoms with van der Waals surface area (Å²) in [6.45, 7) is 4.05. The molecule has 0 aliphatic carbocycles. The number of esters is 1. The first-order valence-corrected chi connectivity index (χ1v) is 15.9. The van der Waals surface area contributed by atoms with Crippen molar-refractivity contribution < 1.29 is 28.5 Å². The summed E-state index contributed by atoms with van der Waals surface area (Å²) in [7, 11) is 1.57. The SMILES string of the molecule is CCOC(=O)C1=C(C)N=c2s/c(=C/c3cc(I)c(OCc4ccccc4Cl)c(OC)c3)c(=O)n2[C@H]1c1ccc2c(c1)OCO2. The Bertz CT molecular complexity index is 2000. The van der Waals surface area contributed by atoms with Gasteiger partial charge in [0.15, 0.2) is 27.8 Å². The van der Waals surface area contributed by atoms with Crippen molar-refractivity contribution in [2.24, 2.45) is 4.99 Å². The molecule has 12 heteroatoms. The number of halogens is 2. The highest BCUT2D eigenvalue weighted by molar-refractivity contribution is 14.1. The molecule has 2 aliphatic heterocycles. The number of ether oxygens (including phenoxy) is 5. The Morgan fingerprint density at radius 3 is 2.75 bits per heavy atom. The van der Waals surface area contributed by atoms with Crippen LogP contribution in [-0.2, 0) is 16.1 Å². The number of thiazole rings is 1. The summed E-state index contributed by atoms with van der Waals surface area (Å²) < 4.78 is 31.0. The van der Waals surface area contributed by atoms with E-state index in [1.807, 2.05) is 42.5 Å². The maximum Gasteiger partial charge on any atom is 0.338 e. The Labute approximate surface area is 275 Å². The van der Waals surface area contributed by atoms with E-state index in [0.29, 0.717) is 54.2 Å². The molecular formula is C32H26ClIN2O7S. The van der Waals surface area contributed by atoms with E-state index in [1.165, 1.54) is 15.9 Å². The molecule has 0 saturated carbocycles. The van der Waals surface area contributed by atoms with Crippen LogP contribution in [0, 0.1) is 3.57 Å². The molecule has 1 aromatic heterocycles. The maximum atomic E-state index is 14.0. The molecule has 0 unspecified atom stereocenters. The molecule has 4 aromatic rings. The van der Waals surface area contributed by atoms with Crippen molar-refractivity contribution in [3.63, 3.8) is 0 Å². The third-order valence-electron chi connectivity index (χ3n) is 7.11. The van der Waals surface area contributed by atoms with Crippen LogP contribution < -0.4 is 33.8 Å². The number of hydrogen-bond donors (Lipinski definition) is 0. The molecule has 3 heterocycles. The summed E-state index contributed by atoms with van der Waals surface area (Å²) in [5, 5.41) is 0.619. The normalized spacial score (nSPS) is 15.6. The van der Waals surface area contributed by atoms with Gasteiger partial charge in [0.1, 0.15) is 6.61 Å². The number of carbonyl (C=O) groups is 1. The molecule has 9 nitrogen and oxygen atoms in total. The van der Waals surface area contributed by atoms with Crippen LogP contribution in [-0.4, -0.2) is 31.0 Å². The van der Waals surface area contributed by atoms with Gasteiger partial charge in [-0.1, -0.05) is 47.2 Å². The van der Waals surface area contributed by atoms with Gasteiger partial charge in [0.05, 0.1) is 39.1 Å². The van der Waals surface area contributed by atoms with Gasteiger partial charge in [-0.15, -0.1) is 0 Å². The third kappa shape index (κ3) is 5.71. The molecule has 0 amide bonds. The van der Waals surface area contributed by atoms with E-state index in [1.54, 1.807) is 39.2 Å². The molecule has 44 heavy (non-hydrogen) atoms. The molecule has 0 spiro atoms. The summed E-state index contributed by atoms with van der Waals surface area (Å²) >= 11 is 9.73. The molecular weight excluding hydrogens is 719 g/mol. The molecule has 0 radical (unpaired) electrons. The fraction of sp³-hybridized carbons (Fsp3) is 0.219. The van der Waals surface area contributed by atoms with Gasteiger partial charge in [0, 0.05) is 10.6 Å². The van der Waals surface area contributed by atoms with Crippen molar-refractivity contribution in [2.75, 3.05) is 20.5 Å². The minimum Gasteiger partial charge on any atom is -0.493 e. The van der Waals surface area contributed by atoms with E-state index >= 15 is 0 Å². The van der Waals surface area contributed by atoms with Crippen molar-refractivity contribution in [1.82, 2.24) is 4.57 Å². The largest absolute Gasteiger partial charge is 0.493 e. The highest BCUT2D eigenvalue weighted by Crippen LogP contribution is 2.38. The number of allylic oxidation sites excluding steroid dienone is 1. The lowest BCUT2D eigenvalue weighted by molar-refractivity contribution is -0.139. The van der Waals surface area contributed by atoms with Crippen molar-refractivity contribution in [3.8, 4) is 23.0 Å². The number of carbonyl (C=O) groups excluding carboxylic acids is 1. The average molecular weight is 745 g/mol. The predicted octanol–water partition coefficient (Wildman–Crippen LogP) is 5.37. The number of fused-ring (bicyclic) bond motifs is 2. The molecule has 3 aromatic carbocycles. The second-order valence-corrected chi connectivity index (χ2v) is 12.4. The molecule has 0 N–H and O–H groups in total. The minimum absolute atomic E-state index is 0.104. The number of rotatable bonds is 8. The van der Waals surface area contributed by atoms with Crippen LogP contribution in [0.4, 0.5) is 0 Å². The van der Waals surface area contributed by atoms with Crippen LogP contribution in [0.1, 0.15) is 36.6 Å². The highest BCUT2D eigenvalue weighted by atomic mass is 127. The lowest BCUT2D eigenvalue weighted by Crippen LogP contribution is -2.39. The summed E-state index contributed by atoms with van der Waals surface area (Å²) in [5.41, 5.74) is 2.75. The summed E-state index contributed by atoms with van der Waals surface area (Å²) in [6, 6.07) is 15.8. The number of nitrogens with zero attached hydrogens (tertiary/aromatic N) is 2. The highest BCUT2D eigenvalue weighted by Gasteiger charge is 2.34. The zero-order valence-electron chi connectivity index (χ0n) is 23.9. The number of methoxy groups -OCH3 is 1. The van der Waals surface area contributed by atoms with Crippen molar-refractivity contribution in [2.45, 2.75) is 26.5 Å². The quantitative estimate of drug-likeness (QED) is 0.177. The van der Waals surface area contributed by atoms with Crippen LogP contribution in [0.3, 0.4) is 0 Å². The molecule has 2 aliphatic rings. The average Bonchev–Trinajstić information content (AvgIpc) is 3.60. The number of aromatic nitrogens is 1. The van der Waals surface area contributed by atoms with Crippen LogP contribution in [0.25, 0.3) is 6.08 Å². The fourth-order valence-electron chi connectivity index (χ4n) is 5.07. The zero-order valence-corrected chi connectivity index (χ0v) is 27.6. The van der Waals surface area contributed by atoms with E-state index in [0.717, 1.165) is 14.7 Å². The smallest absolute Gasteiger partial charge is 0.338 e. The van der Waals surface area contributed by atoms with Gasteiger partial charge in [-0.05, 0) is 84.0 Å². The van der Waals surface area contributed by atoms with Gasteiger partial charge in [0.25, 0.3) is 5.56 Å². The monoisotopic (exact) mass is 744 g/mol. The molecule has 0 fully saturated rings. The Kier molecular flexibility index (Phi) is 8.70. The molecule has 1 atom stereocenters. The topological polar surface area (TPSA) is 97.6 Å². The van der Waals surface area contributed by atoms with E-state index in [9.17, 15) is 9.59 Å². The van der Waals surface area contributed by atoms with Gasteiger partial charge < -0.3 is 23.7 Å². The van der Waals surface area contributed by atoms with Gasteiger partial charge in [-0.2, -0.15) is 0 Å². The van der Waals surface area contributed by atoms with Crippen molar-refractivity contribution >= 4 is 57.6 Å². The Morgan fingerprint density at radius 2 is 1.98 bits per heavy atom. The van der Waals surface area contributed by atoms with Gasteiger partial charge in [-0.25, -0.2) is 9.79 Å². The van der Waals surface area contributed by atoms with Crippen LogP contribution >= 0.6 is 45.5 Å². The summed E-state index contributed by atoms with van der Waals surface area (Å²) in [5.74, 6) is 1.70. The minimum atomic E-state index is -0.766. The first-order chi connectivity index (χ1) is 21.3. The Morgan fingerprint density at radius 1 is 1.18 bits per heavy atom.